The van der Waals surface area contributed by atoms with E-state index in [1.165, 1.54) is 25.5 Å². The second kappa shape index (κ2) is 8.63. The van der Waals surface area contributed by atoms with Gasteiger partial charge < -0.3 is 15.3 Å². The summed E-state index contributed by atoms with van der Waals surface area (Å²) in [6, 6.07) is 5.93. The van der Waals surface area contributed by atoms with Gasteiger partial charge in [0, 0.05) is 25.7 Å². The number of likely N-dealkylation sites (tertiary alicyclic amines) is 1. The summed E-state index contributed by atoms with van der Waals surface area (Å²) < 4.78 is 24.1. The Kier molecular flexibility index (Phi) is 6.23. The lowest BCUT2D eigenvalue weighted by Gasteiger charge is -2.20. The number of aliphatic hydroxyl groups excluding tert-OH is 1. The fraction of sp³-hybridized carbons (Fsp3) is 0.450. The van der Waals surface area contributed by atoms with Gasteiger partial charge in [-0.3, -0.25) is 9.88 Å². The van der Waals surface area contributed by atoms with Crippen LogP contribution in [0.2, 0.25) is 0 Å². The molecule has 1 aromatic heterocycles. The number of β-amino-alcohol motifs (C(OH)–C–C–N with tert-alkyl or cyclic N) is 1. The Morgan fingerprint density at radius 2 is 1.67 bits per heavy atom. The molecule has 2 aliphatic rings. The van der Waals surface area contributed by atoms with E-state index in [1.54, 1.807) is 12.1 Å². The van der Waals surface area contributed by atoms with Crippen molar-refractivity contribution < 1.29 is 24.1 Å². The van der Waals surface area contributed by atoms with Crippen LogP contribution in [0.5, 0.6) is 11.5 Å². The maximum Gasteiger partial charge on any atom is 0.162 e. The highest BCUT2D eigenvalue weighted by Crippen LogP contribution is 2.38. The lowest BCUT2D eigenvalue weighted by Crippen LogP contribution is -2.27. The van der Waals surface area contributed by atoms with E-state index < -0.39 is 17.7 Å². The van der Waals surface area contributed by atoms with Crippen LogP contribution in [-0.2, 0) is 0 Å². The molecule has 1 aliphatic carbocycles. The average Bonchev–Trinajstić information content (AvgIpc) is 3.21. The molecule has 1 saturated carbocycles. The summed E-state index contributed by atoms with van der Waals surface area (Å²) in [4.78, 5) is 6.42. The van der Waals surface area contributed by atoms with Gasteiger partial charge >= 0.3 is 0 Å². The van der Waals surface area contributed by atoms with Gasteiger partial charge in [-0.15, -0.1) is 0 Å². The monoisotopic (exact) mass is 378 g/mol. The smallest absolute Gasteiger partial charge is 0.162 e. The Bertz CT molecular complexity index is 745. The topological polar surface area (TPSA) is 76.8 Å². The summed E-state index contributed by atoms with van der Waals surface area (Å²) in [5.74, 6) is -0.409. The molecule has 3 N–H and O–H groups in total. The summed E-state index contributed by atoms with van der Waals surface area (Å²) in [5.41, 5.74) is 0.643. The van der Waals surface area contributed by atoms with E-state index in [9.17, 15) is 19.0 Å². The number of fused-ring (bicyclic) bond motifs is 1. The number of phenolic OH excluding ortho intramolecular Hbond substituents is 1. The molecule has 0 amide bonds. The molecule has 0 bridgehead atoms. The number of aliphatic hydroxyl groups is 1. The van der Waals surface area contributed by atoms with Crippen LogP contribution in [0.25, 0.3) is 0 Å². The zero-order valence-electron chi connectivity index (χ0n) is 14.9. The molecule has 5 nitrogen and oxygen atoms in total. The van der Waals surface area contributed by atoms with E-state index >= 15 is 0 Å². The Hall–Kier alpha value is -2.25. The van der Waals surface area contributed by atoms with Crippen molar-refractivity contribution in [2.45, 2.75) is 25.4 Å². The highest BCUT2D eigenvalue weighted by molar-refractivity contribution is 5.21. The first kappa shape index (κ1) is 19.5. The SMILES string of the molecule is Oc1ccc(C(O)CN2C[C@H]3CCC[C@H]3C2)nc1.Oc1ccc(F)c(F)c1. The van der Waals surface area contributed by atoms with Crippen molar-refractivity contribution in [2.75, 3.05) is 19.6 Å². The molecule has 1 aromatic carbocycles. The molecular formula is C20H24F2N2O3. The molecule has 1 saturated heterocycles. The number of aromatic nitrogens is 1. The van der Waals surface area contributed by atoms with Gasteiger partial charge in [-0.25, -0.2) is 8.78 Å². The second-order valence-electron chi connectivity index (χ2n) is 7.23. The average molecular weight is 378 g/mol. The standard InChI is InChI=1S/C14H20N2O2.C6H4F2O/c17-12-4-5-13(15-6-12)14(18)9-16-7-10-2-1-3-11(10)8-16;7-5-2-1-4(9)3-6(5)8/h4-6,10-11,14,17-18H,1-3,7-9H2;1-3,9H/t10-,11+,14?;. The van der Waals surface area contributed by atoms with Crippen LogP contribution in [-0.4, -0.2) is 44.8 Å². The van der Waals surface area contributed by atoms with Gasteiger partial charge in [0.15, 0.2) is 11.6 Å². The molecule has 7 heteroatoms. The molecule has 1 unspecified atom stereocenters. The number of benzene rings is 1. The molecule has 4 rings (SSSR count). The molecule has 27 heavy (non-hydrogen) atoms. The molecule has 146 valence electrons. The summed E-state index contributed by atoms with van der Waals surface area (Å²) in [7, 11) is 0. The summed E-state index contributed by atoms with van der Waals surface area (Å²) in [5, 5.41) is 27.9. The molecular weight excluding hydrogens is 354 g/mol. The van der Waals surface area contributed by atoms with E-state index in [1.807, 2.05) is 0 Å². The van der Waals surface area contributed by atoms with Crippen molar-refractivity contribution in [3.8, 4) is 11.5 Å². The maximum absolute atomic E-state index is 12.0. The summed E-state index contributed by atoms with van der Waals surface area (Å²) in [6.45, 7) is 2.91. The van der Waals surface area contributed by atoms with Crippen LogP contribution >= 0.6 is 0 Å². The Morgan fingerprint density at radius 1 is 1.00 bits per heavy atom. The Labute approximate surface area is 156 Å². The number of nitrogens with zero attached hydrogens (tertiary/aromatic N) is 2. The van der Waals surface area contributed by atoms with Crippen molar-refractivity contribution in [3.63, 3.8) is 0 Å². The minimum absolute atomic E-state index is 0.140. The second-order valence-corrected chi connectivity index (χ2v) is 7.23. The van der Waals surface area contributed by atoms with E-state index in [2.05, 4.69) is 9.88 Å². The van der Waals surface area contributed by atoms with Crippen LogP contribution in [0.1, 0.15) is 31.1 Å². The minimum Gasteiger partial charge on any atom is -0.508 e. The predicted octanol–water partition coefficient (Wildman–Crippen LogP) is 3.22. The van der Waals surface area contributed by atoms with Gasteiger partial charge in [-0.05, 0) is 48.9 Å². The van der Waals surface area contributed by atoms with Gasteiger partial charge in [0.2, 0.25) is 0 Å². The van der Waals surface area contributed by atoms with E-state index in [0.29, 0.717) is 12.2 Å². The Morgan fingerprint density at radius 3 is 2.22 bits per heavy atom. The zero-order chi connectivity index (χ0) is 19.4. The largest absolute Gasteiger partial charge is 0.508 e. The van der Waals surface area contributed by atoms with Crippen LogP contribution in [0.15, 0.2) is 36.5 Å². The van der Waals surface area contributed by atoms with Crippen LogP contribution in [0, 0.1) is 23.5 Å². The normalized spacial score (nSPS) is 22.8. The Balaban J connectivity index is 0.000000197. The summed E-state index contributed by atoms with van der Waals surface area (Å²) >= 11 is 0. The molecule has 2 heterocycles. The van der Waals surface area contributed by atoms with Crippen molar-refractivity contribution >= 4 is 0 Å². The van der Waals surface area contributed by atoms with Crippen molar-refractivity contribution in [3.05, 3.63) is 53.9 Å². The number of rotatable bonds is 3. The van der Waals surface area contributed by atoms with Crippen molar-refractivity contribution in [1.29, 1.82) is 0 Å². The molecule has 3 atom stereocenters. The fourth-order valence-electron chi connectivity index (χ4n) is 3.90. The fourth-order valence-corrected chi connectivity index (χ4v) is 3.90. The van der Waals surface area contributed by atoms with Gasteiger partial charge in [-0.1, -0.05) is 6.42 Å². The first-order chi connectivity index (χ1) is 12.9. The maximum atomic E-state index is 12.0. The quantitative estimate of drug-likeness (QED) is 0.765. The number of halogens is 2. The van der Waals surface area contributed by atoms with Gasteiger partial charge in [0.05, 0.1) is 11.9 Å². The lowest BCUT2D eigenvalue weighted by atomic mass is 10.0. The number of phenols is 1. The number of pyridine rings is 1. The number of hydrogen-bond donors (Lipinski definition) is 3. The lowest BCUT2D eigenvalue weighted by molar-refractivity contribution is 0.118. The van der Waals surface area contributed by atoms with Gasteiger partial charge in [0.25, 0.3) is 0 Å². The van der Waals surface area contributed by atoms with Crippen LogP contribution in [0.3, 0.4) is 0 Å². The van der Waals surface area contributed by atoms with Crippen molar-refractivity contribution in [1.82, 2.24) is 9.88 Å². The number of hydrogen-bond acceptors (Lipinski definition) is 5. The molecule has 0 radical (unpaired) electrons. The van der Waals surface area contributed by atoms with Crippen LogP contribution < -0.4 is 0 Å². The zero-order valence-corrected chi connectivity index (χ0v) is 14.9. The van der Waals surface area contributed by atoms with Gasteiger partial charge in [-0.2, -0.15) is 0 Å². The van der Waals surface area contributed by atoms with E-state index in [0.717, 1.165) is 43.1 Å². The minimum atomic E-state index is -1.03. The number of aromatic hydroxyl groups is 2. The first-order valence-electron chi connectivity index (χ1n) is 9.11. The highest BCUT2D eigenvalue weighted by atomic mass is 19.2. The third-order valence-electron chi connectivity index (χ3n) is 5.25. The molecule has 1 aliphatic heterocycles. The molecule has 0 spiro atoms. The summed E-state index contributed by atoms with van der Waals surface area (Å²) in [6.07, 6.45) is 4.93. The van der Waals surface area contributed by atoms with Crippen LogP contribution in [0.4, 0.5) is 8.78 Å². The molecule has 2 aromatic rings. The van der Waals surface area contributed by atoms with E-state index in [-0.39, 0.29) is 11.5 Å². The predicted molar refractivity (Wildman–Crippen MR) is 96.2 cm³/mol. The third kappa shape index (κ3) is 5.14. The third-order valence-corrected chi connectivity index (χ3v) is 5.25. The molecule has 2 fully saturated rings. The van der Waals surface area contributed by atoms with Gasteiger partial charge in [0.1, 0.15) is 17.6 Å². The van der Waals surface area contributed by atoms with E-state index in [4.69, 9.17) is 5.11 Å². The van der Waals surface area contributed by atoms with Crippen molar-refractivity contribution in [2.24, 2.45) is 11.8 Å². The highest BCUT2D eigenvalue weighted by Gasteiger charge is 2.36. The first-order valence-corrected chi connectivity index (χ1v) is 9.11.